The standard InChI is InChI=1S/C40H48N5O9PS/c1-7-38(2,3)37(47)56-22-21-52-55(49)53-23-31-33(46)39(4,48)36(54-31)45-25-43-32-34(41-24-42-35(32)45)44-40(26-11-9-8-10-12-26,27-13-17-29(50-5)18-14-27)28-15-19-30(51-6)20-16-28/h8-20,24-25,31,33,36,46,48,55H,7,21-23H2,1-6H3,(H,41,42,44)/t31-,33?,36?,39+/m1/s1. The number of ether oxygens (including phenoxy) is 3. The molecule has 6 rings (SSSR count). The van der Waals surface area contributed by atoms with Crippen LogP contribution in [0.25, 0.3) is 11.2 Å². The van der Waals surface area contributed by atoms with Crippen LogP contribution < -0.4 is 14.8 Å². The summed E-state index contributed by atoms with van der Waals surface area (Å²) in [7, 11) is 0.248. The van der Waals surface area contributed by atoms with E-state index < -0.39 is 43.2 Å². The number of rotatable bonds is 17. The van der Waals surface area contributed by atoms with Crippen LogP contribution in [0.4, 0.5) is 5.82 Å². The van der Waals surface area contributed by atoms with Crippen LogP contribution in [0.15, 0.2) is 91.5 Å². The summed E-state index contributed by atoms with van der Waals surface area (Å²) in [5.74, 6) is 2.10. The fraction of sp³-hybridized carbons (Fsp3) is 0.400. The monoisotopic (exact) mass is 805 g/mol. The van der Waals surface area contributed by atoms with Gasteiger partial charge in [-0.25, -0.2) is 15.0 Å². The van der Waals surface area contributed by atoms with Crippen molar-refractivity contribution in [3.05, 3.63) is 108 Å². The normalized spacial score (nSPS) is 20.5. The molecule has 16 heteroatoms. The van der Waals surface area contributed by atoms with Gasteiger partial charge in [0.15, 0.2) is 28.3 Å². The smallest absolute Gasteiger partial charge is 0.319 e. The molecule has 3 unspecified atom stereocenters. The Kier molecular flexibility index (Phi) is 12.9. The average molecular weight is 806 g/mol. The summed E-state index contributed by atoms with van der Waals surface area (Å²) < 4.78 is 42.0. The van der Waals surface area contributed by atoms with Crippen LogP contribution in [0.2, 0.25) is 0 Å². The summed E-state index contributed by atoms with van der Waals surface area (Å²) in [4.78, 5) is 26.2. The Bertz CT molecular complexity index is 2070. The predicted octanol–water partition coefficient (Wildman–Crippen LogP) is 6.38. The van der Waals surface area contributed by atoms with Gasteiger partial charge in [-0.1, -0.05) is 87.1 Å². The Morgan fingerprint density at radius 2 is 1.55 bits per heavy atom. The number of hydrogen-bond acceptors (Lipinski definition) is 14. The molecule has 298 valence electrons. The lowest BCUT2D eigenvalue weighted by Crippen LogP contribution is -2.44. The number of imidazole rings is 1. The summed E-state index contributed by atoms with van der Waals surface area (Å²) in [6, 6.07) is 25.5. The summed E-state index contributed by atoms with van der Waals surface area (Å²) in [6.45, 7) is 6.87. The van der Waals surface area contributed by atoms with Crippen molar-refractivity contribution in [2.24, 2.45) is 5.41 Å². The Balaban J connectivity index is 1.27. The number of nitrogens with one attached hydrogen (secondary N) is 1. The summed E-state index contributed by atoms with van der Waals surface area (Å²) >= 11 is 1.12. The number of aliphatic hydroxyl groups excluding tert-OH is 1. The zero-order chi connectivity index (χ0) is 40.1. The molecule has 1 saturated heterocycles. The van der Waals surface area contributed by atoms with Crippen molar-refractivity contribution >= 4 is 42.1 Å². The highest BCUT2D eigenvalue weighted by Gasteiger charge is 2.54. The summed E-state index contributed by atoms with van der Waals surface area (Å²) in [6.07, 6.45) is -0.0952. The van der Waals surface area contributed by atoms with Gasteiger partial charge in [-0.2, -0.15) is 0 Å². The third-order valence-electron chi connectivity index (χ3n) is 10.3. The highest BCUT2D eigenvalue weighted by Crippen LogP contribution is 2.44. The molecule has 14 nitrogen and oxygen atoms in total. The molecular formula is C40H48N5O9PS. The van der Waals surface area contributed by atoms with Crippen molar-refractivity contribution in [3.8, 4) is 11.5 Å². The van der Waals surface area contributed by atoms with Crippen molar-refractivity contribution in [2.45, 2.75) is 63.7 Å². The minimum Gasteiger partial charge on any atom is -0.497 e. The van der Waals surface area contributed by atoms with E-state index in [1.54, 1.807) is 14.2 Å². The van der Waals surface area contributed by atoms with Gasteiger partial charge in [0.25, 0.3) is 0 Å². The second-order valence-corrected chi connectivity index (χ2v) is 16.4. The van der Waals surface area contributed by atoms with E-state index in [2.05, 4.69) is 20.3 Å². The number of aliphatic hydroxyl groups is 2. The Morgan fingerprint density at radius 1 is 0.946 bits per heavy atom. The van der Waals surface area contributed by atoms with Crippen LogP contribution in [-0.2, 0) is 28.7 Å². The molecule has 0 spiro atoms. The minimum atomic E-state index is -2.99. The maximum absolute atomic E-state index is 12.6. The van der Waals surface area contributed by atoms with Crippen LogP contribution in [-0.4, -0.2) is 85.8 Å². The number of carbonyl (C=O) groups excluding carboxylic acids is 1. The lowest BCUT2D eigenvalue weighted by Gasteiger charge is -2.37. The first-order chi connectivity index (χ1) is 26.8. The molecule has 3 heterocycles. The number of benzene rings is 3. The molecule has 0 bridgehead atoms. The maximum Gasteiger partial charge on any atom is 0.319 e. The molecule has 56 heavy (non-hydrogen) atoms. The lowest BCUT2D eigenvalue weighted by molar-refractivity contribution is -0.118. The van der Waals surface area contributed by atoms with Crippen LogP contribution in [0, 0.1) is 5.41 Å². The number of nitrogens with zero attached hydrogens (tertiary/aromatic N) is 4. The summed E-state index contributed by atoms with van der Waals surface area (Å²) in [5.41, 5.74) is 0.0598. The molecule has 2 aromatic heterocycles. The van der Waals surface area contributed by atoms with Gasteiger partial charge in [-0.05, 0) is 54.3 Å². The van der Waals surface area contributed by atoms with Crippen molar-refractivity contribution in [1.82, 2.24) is 19.5 Å². The molecule has 3 aromatic carbocycles. The molecule has 0 amide bonds. The second kappa shape index (κ2) is 17.4. The van der Waals surface area contributed by atoms with Gasteiger partial charge >= 0.3 is 8.25 Å². The zero-order valence-electron chi connectivity index (χ0n) is 32.2. The number of aromatic nitrogens is 4. The number of fused-ring (bicyclic) bond motifs is 1. The number of carbonyl (C=O) groups is 1. The highest BCUT2D eigenvalue weighted by atomic mass is 32.2. The van der Waals surface area contributed by atoms with E-state index >= 15 is 0 Å². The molecule has 1 aliphatic heterocycles. The van der Waals surface area contributed by atoms with Gasteiger partial charge in [-0.3, -0.25) is 13.9 Å². The van der Waals surface area contributed by atoms with Gasteiger partial charge in [0.1, 0.15) is 41.2 Å². The molecule has 5 atom stereocenters. The molecule has 1 aliphatic rings. The zero-order valence-corrected chi connectivity index (χ0v) is 34.0. The Hall–Kier alpha value is -4.34. The predicted molar refractivity (Wildman–Crippen MR) is 214 cm³/mol. The van der Waals surface area contributed by atoms with Gasteiger partial charge < -0.3 is 38.8 Å². The fourth-order valence-electron chi connectivity index (χ4n) is 6.55. The summed E-state index contributed by atoms with van der Waals surface area (Å²) in [5, 5.41) is 26.5. The first-order valence-corrected chi connectivity index (χ1v) is 20.4. The maximum atomic E-state index is 12.6. The first-order valence-electron chi connectivity index (χ1n) is 18.2. The van der Waals surface area contributed by atoms with Crippen molar-refractivity contribution in [3.63, 3.8) is 0 Å². The average Bonchev–Trinajstić information content (AvgIpc) is 3.75. The molecule has 0 saturated carbocycles. The minimum absolute atomic E-state index is 0.0325. The van der Waals surface area contributed by atoms with E-state index in [1.807, 2.05) is 99.6 Å². The van der Waals surface area contributed by atoms with Crippen LogP contribution >= 0.6 is 20.0 Å². The van der Waals surface area contributed by atoms with Crippen LogP contribution in [0.3, 0.4) is 0 Å². The van der Waals surface area contributed by atoms with Crippen molar-refractivity contribution < 1.29 is 42.8 Å². The number of thioether (sulfide) groups is 1. The fourth-order valence-corrected chi connectivity index (χ4v) is 8.24. The lowest BCUT2D eigenvalue weighted by atomic mass is 9.77. The van der Waals surface area contributed by atoms with E-state index in [0.29, 0.717) is 40.7 Å². The quantitative estimate of drug-likeness (QED) is 0.0536. The molecule has 1 fully saturated rings. The van der Waals surface area contributed by atoms with E-state index in [1.165, 1.54) is 24.1 Å². The molecule has 0 radical (unpaired) electrons. The van der Waals surface area contributed by atoms with Crippen LogP contribution in [0.5, 0.6) is 11.5 Å². The van der Waals surface area contributed by atoms with E-state index in [9.17, 15) is 19.6 Å². The first kappa shape index (κ1) is 41.3. The van der Waals surface area contributed by atoms with Gasteiger partial charge in [0.05, 0.1) is 33.8 Å². The second-order valence-electron chi connectivity index (χ2n) is 14.2. The number of hydrogen-bond donors (Lipinski definition) is 3. The highest BCUT2D eigenvalue weighted by molar-refractivity contribution is 8.13. The number of methoxy groups -OCH3 is 2. The van der Waals surface area contributed by atoms with E-state index in [0.717, 1.165) is 28.5 Å². The van der Waals surface area contributed by atoms with Crippen LogP contribution in [0.1, 0.15) is 57.0 Å². The molecule has 3 N–H and O–H groups in total. The molecule has 5 aromatic rings. The third-order valence-corrected chi connectivity index (χ3v) is 12.3. The van der Waals surface area contributed by atoms with Crippen molar-refractivity contribution in [2.75, 3.05) is 38.5 Å². The largest absolute Gasteiger partial charge is 0.497 e. The number of anilines is 1. The Morgan fingerprint density at radius 3 is 2.14 bits per heavy atom. The van der Waals surface area contributed by atoms with E-state index in [4.69, 9.17) is 23.3 Å². The molecular weight excluding hydrogens is 758 g/mol. The van der Waals surface area contributed by atoms with Gasteiger partial charge in [-0.15, -0.1) is 0 Å². The third kappa shape index (κ3) is 8.35. The SMILES string of the molecule is CCC(C)(C)C(=O)SCCO[PH](=O)OC[C@H]1OC(n2cnc3c(NC(c4ccccc4)(c4ccc(OC)cc4)c4ccc(OC)cc4)ncnc32)[C@@](C)(O)C1O. The topological polar surface area (TPSA) is 176 Å². The van der Waals surface area contributed by atoms with Crippen molar-refractivity contribution in [1.29, 1.82) is 0 Å². The Labute approximate surface area is 330 Å². The molecule has 0 aliphatic carbocycles. The van der Waals surface area contributed by atoms with E-state index in [-0.39, 0.29) is 18.3 Å². The van der Waals surface area contributed by atoms with Gasteiger partial charge in [0.2, 0.25) is 0 Å². The van der Waals surface area contributed by atoms with Gasteiger partial charge in [0, 0.05) is 11.2 Å².